The summed E-state index contributed by atoms with van der Waals surface area (Å²) in [5, 5.41) is 0. The minimum absolute atomic E-state index is 0.871. The van der Waals surface area contributed by atoms with Crippen molar-refractivity contribution in [3.63, 3.8) is 0 Å². The van der Waals surface area contributed by atoms with Crippen molar-refractivity contribution in [2.24, 2.45) is 0 Å². The zero-order chi connectivity index (χ0) is 17.3. The molecule has 0 spiro atoms. The summed E-state index contributed by atoms with van der Waals surface area (Å²) >= 11 is 0. The second kappa shape index (κ2) is 6.66. The number of anilines is 2. The average Bonchev–Trinajstić information content (AvgIpc) is 2.35. The van der Waals surface area contributed by atoms with Gasteiger partial charge >= 0.3 is 0 Å². The third-order valence-electron chi connectivity index (χ3n) is 4.46. The van der Waals surface area contributed by atoms with Crippen molar-refractivity contribution >= 4 is 11.4 Å². The summed E-state index contributed by atoms with van der Waals surface area (Å²) in [5.41, 5.74) is 10.7. The molecule has 2 aromatic carbocycles. The maximum absolute atomic E-state index is 2.35. The highest BCUT2D eigenvalue weighted by atomic mass is 15.3. The van der Waals surface area contributed by atoms with Gasteiger partial charge in [-0.25, -0.2) is 0 Å². The Bertz CT molecular complexity index is 608. The number of hydrogen-bond acceptors (Lipinski definition) is 2. The molecule has 2 heteroatoms. The molecule has 0 radical (unpaired) electrons. The first-order chi connectivity index (χ1) is 10.7. The molecule has 0 N–H and O–H groups in total. The van der Waals surface area contributed by atoms with Crippen LogP contribution in [0.15, 0.2) is 24.3 Å². The van der Waals surface area contributed by atoms with E-state index in [-0.39, 0.29) is 0 Å². The highest BCUT2D eigenvalue weighted by molar-refractivity contribution is 5.63. The van der Waals surface area contributed by atoms with Gasteiger partial charge in [-0.2, -0.15) is 0 Å². The van der Waals surface area contributed by atoms with Crippen LogP contribution in [0, 0.1) is 41.5 Å². The molecule has 2 rings (SSSR count). The smallest absolute Gasteiger partial charge is 0.0897 e. The van der Waals surface area contributed by atoms with Gasteiger partial charge < -0.3 is 9.80 Å². The lowest BCUT2D eigenvalue weighted by molar-refractivity contribution is 0.842. The summed E-state index contributed by atoms with van der Waals surface area (Å²) in [4.78, 5) is 4.70. The lowest BCUT2D eigenvalue weighted by Gasteiger charge is -2.32. The average molecular weight is 310 g/mol. The molecule has 0 fully saturated rings. The maximum atomic E-state index is 2.35. The third kappa shape index (κ3) is 3.69. The number of nitrogens with zero attached hydrogens (tertiary/aromatic N) is 2. The van der Waals surface area contributed by atoms with Crippen molar-refractivity contribution in [2.45, 2.75) is 41.5 Å². The molecule has 0 aromatic heterocycles. The van der Waals surface area contributed by atoms with Gasteiger partial charge in [0.1, 0.15) is 0 Å². The Morgan fingerprint density at radius 2 is 0.826 bits per heavy atom. The number of benzene rings is 2. The molecule has 0 aliphatic rings. The molecule has 2 nitrogen and oxygen atoms in total. The molecule has 0 aliphatic carbocycles. The molecule has 0 saturated heterocycles. The quantitative estimate of drug-likeness (QED) is 0.728. The van der Waals surface area contributed by atoms with Crippen molar-refractivity contribution in [2.75, 3.05) is 30.6 Å². The summed E-state index contributed by atoms with van der Waals surface area (Å²) in [6.45, 7) is 14.0. The first-order valence-corrected chi connectivity index (χ1v) is 8.28. The summed E-state index contributed by atoms with van der Waals surface area (Å²) in [5.74, 6) is 0. The Hall–Kier alpha value is -1.96. The monoisotopic (exact) mass is 310 g/mol. The van der Waals surface area contributed by atoms with Crippen LogP contribution in [0.3, 0.4) is 0 Å². The lowest BCUT2D eigenvalue weighted by Crippen LogP contribution is -2.34. The molecule has 2 aromatic rings. The van der Waals surface area contributed by atoms with Gasteiger partial charge in [0, 0.05) is 25.5 Å². The minimum atomic E-state index is 0.871. The van der Waals surface area contributed by atoms with Crippen LogP contribution < -0.4 is 9.80 Å². The van der Waals surface area contributed by atoms with Crippen LogP contribution in [-0.2, 0) is 0 Å². The van der Waals surface area contributed by atoms with Crippen LogP contribution in [0.4, 0.5) is 11.4 Å². The molecule has 0 heterocycles. The van der Waals surface area contributed by atoms with Gasteiger partial charge in [-0.05, 0) is 63.8 Å². The Kier molecular flexibility index (Phi) is 5.03. The van der Waals surface area contributed by atoms with Gasteiger partial charge in [0.25, 0.3) is 0 Å². The van der Waals surface area contributed by atoms with E-state index in [1.165, 1.54) is 44.8 Å². The van der Waals surface area contributed by atoms with Crippen LogP contribution in [0.5, 0.6) is 0 Å². The fourth-order valence-corrected chi connectivity index (χ4v) is 4.01. The SMILES string of the molecule is Cc1cc(C)c(N(C)CN(C)c2c(C)cc(C)cc2C)c(C)c1. The molecule has 0 saturated carbocycles. The topological polar surface area (TPSA) is 6.48 Å². The van der Waals surface area contributed by atoms with Gasteiger partial charge in [-0.3, -0.25) is 0 Å². The molecule has 0 unspecified atom stereocenters. The highest BCUT2D eigenvalue weighted by Gasteiger charge is 2.14. The Balaban J connectivity index is 2.29. The first kappa shape index (κ1) is 17.4. The van der Waals surface area contributed by atoms with Crippen LogP contribution in [0.25, 0.3) is 0 Å². The predicted molar refractivity (Wildman–Crippen MR) is 103 cm³/mol. The molecule has 0 atom stereocenters. The van der Waals surface area contributed by atoms with Gasteiger partial charge in [-0.15, -0.1) is 0 Å². The van der Waals surface area contributed by atoms with Crippen molar-refractivity contribution in [1.29, 1.82) is 0 Å². The second-order valence-electron chi connectivity index (χ2n) is 7.03. The van der Waals surface area contributed by atoms with Crippen LogP contribution >= 0.6 is 0 Å². The summed E-state index contributed by atoms with van der Waals surface area (Å²) in [7, 11) is 4.36. The van der Waals surface area contributed by atoms with Crippen molar-refractivity contribution in [3.05, 3.63) is 57.6 Å². The number of hydrogen-bond donors (Lipinski definition) is 0. The van der Waals surface area contributed by atoms with Crippen LogP contribution in [-0.4, -0.2) is 20.8 Å². The van der Waals surface area contributed by atoms with Crippen LogP contribution in [0.1, 0.15) is 33.4 Å². The third-order valence-corrected chi connectivity index (χ3v) is 4.46. The van der Waals surface area contributed by atoms with E-state index in [4.69, 9.17) is 0 Å². The standard InChI is InChI=1S/C21H30N2/c1-14-9-16(3)20(17(4)10-14)22(7)13-23(8)21-18(5)11-15(2)12-19(21)6/h9-12H,13H2,1-8H3. The normalized spacial score (nSPS) is 10.8. The molecule has 0 amide bonds. The first-order valence-electron chi connectivity index (χ1n) is 8.28. The Morgan fingerprint density at radius 3 is 1.09 bits per heavy atom. The van der Waals surface area contributed by atoms with Crippen molar-refractivity contribution in [3.8, 4) is 0 Å². The van der Waals surface area contributed by atoms with Crippen molar-refractivity contribution < 1.29 is 0 Å². The molecular formula is C21H30N2. The van der Waals surface area contributed by atoms with E-state index in [9.17, 15) is 0 Å². The molecule has 124 valence electrons. The fourth-order valence-electron chi connectivity index (χ4n) is 4.01. The van der Waals surface area contributed by atoms with Gasteiger partial charge in [0.15, 0.2) is 0 Å². The molecule has 23 heavy (non-hydrogen) atoms. The Labute approximate surface area is 141 Å². The lowest BCUT2D eigenvalue weighted by atomic mass is 10.0. The van der Waals surface area contributed by atoms with Crippen LogP contribution in [0.2, 0.25) is 0 Å². The maximum Gasteiger partial charge on any atom is 0.0897 e. The zero-order valence-electron chi connectivity index (χ0n) is 15.9. The van der Waals surface area contributed by atoms with E-state index < -0.39 is 0 Å². The summed E-state index contributed by atoms with van der Waals surface area (Å²) < 4.78 is 0. The van der Waals surface area contributed by atoms with Gasteiger partial charge in [-0.1, -0.05) is 35.4 Å². The molecule has 0 aliphatic heterocycles. The van der Waals surface area contributed by atoms with E-state index in [0.29, 0.717) is 0 Å². The molecule has 0 bridgehead atoms. The minimum Gasteiger partial charge on any atom is -0.356 e. The van der Waals surface area contributed by atoms with E-state index >= 15 is 0 Å². The summed E-state index contributed by atoms with van der Waals surface area (Å²) in [6, 6.07) is 9.06. The van der Waals surface area contributed by atoms with Gasteiger partial charge in [0.2, 0.25) is 0 Å². The molecular weight excluding hydrogens is 280 g/mol. The fraction of sp³-hybridized carbons (Fsp3) is 0.429. The van der Waals surface area contributed by atoms with E-state index in [1.807, 2.05) is 0 Å². The van der Waals surface area contributed by atoms with E-state index in [1.54, 1.807) is 0 Å². The largest absolute Gasteiger partial charge is 0.356 e. The van der Waals surface area contributed by atoms with E-state index in [0.717, 1.165) is 6.67 Å². The second-order valence-corrected chi connectivity index (χ2v) is 7.03. The van der Waals surface area contributed by atoms with Crippen molar-refractivity contribution in [1.82, 2.24) is 0 Å². The van der Waals surface area contributed by atoms with E-state index in [2.05, 4.69) is 89.7 Å². The number of rotatable bonds is 4. The summed E-state index contributed by atoms with van der Waals surface area (Å²) in [6.07, 6.45) is 0. The highest BCUT2D eigenvalue weighted by Crippen LogP contribution is 2.28. The predicted octanol–water partition coefficient (Wildman–Crippen LogP) is 5.07. The Morgan fingerprint density at radius 1 is 0.565 bits per heavy atom. The van der Waals surface area contributed by atoms with Gasteiger partial charge in [0.05, 0.1) is 6.67 Å². The number of aryl methyl sites for hydroxylation is 6. The zero-order valence-corrected chi connectivity index (χ0v) is 15.9.